The van der Waals surface area contributed by atoms with Crippen molar-refractivity contribution in [3.8, 4) is 0 Å². The summed E-state index contributed by atoms with van der Waals surface area (Å²) >= 11 is 17.9. The molecule has 90 valence electrons. The number of benzene rings is 1. The van der Waals surface area contributed by atoms with E-state index < -0.39 is 0 Å². The molecule has 0 radical (unpaired) electrons. The monoisotopic (exact) mass is 279 g/mol. The molecule has 0 fully saturated rings. The molecule has 2 atom stereocenters. The fraction of sp³-hybridized carbons (Fsp3) is 0.500. The summed E-state index contributed by atoms with van der Waals surface area (Å²) in [5.74, 6) is 0. The average molecular weight is 281 g/mol. The molecular formula is C12H16Cl3N. The van der Waals surface area contributed by atoms with Gasteiger partial charge < -0.3 is 5.32 Å². The van der Waals surface area contributed by atoms with Gasteiger partial charge in [0.25, 0.3) is 0 Å². The van der Waals surface area contributed by atoms with Crippen LogP contribution in [0.5, 0.6) is 0 Å². The van der Waals surface area contributed by atoms with Gasteiger partial charge in [-0.3, -0.25) is 0 Å². The van der Waals surface area contributed by atoms with Crippen LogP contribution in [-0.4, -0.2) is 11.4 Å². The highest BCUT2D eigenvalue weighted by atomic mass is 35.5. The third-order valence-electron chi connectivity index (χ3n) is 2.35. The van der Waals surface area contributed by atoms with Crippen molar-refractivity contribution in [3.63, 3.8) is 0 Å². The molecular weight excluding hydrogens is 264 g/mol. The molecule has 0 aromatic heterocycles. The minimum Gasteiger partial charge on any atom is -0.310 e. The van der Waals surface area contributed by atoms with E-state index in [9.17, 15) is 0 Å². The first-order chi connectivity index (χ1) is 7.50. The van der Waals surface area contributed by atoms with Gasteiger partial charge in [-0.25, -0.2) is 0 Å². The number of hydrogen-bond acceptors (Lipinski definition) is 1. The van der Waals surface area contributed by atoms with E-state index in [-0.39, 0.29) is 5.38 Å². The molecule has 0 aliphatic rings. The molecule has 2 unspecified atom stereocenters. The van der Waals surface area contributed by atoms with Crippen molar-refractivity contribution in [3.05, 3.63) is 33.8 Å². The lowest BCUT2D eigenvalue weighted by atomic mass is 10.1. The fourth-order valence-corrected chi connectivity index (χ4v) is 2.19. The molecule has 4 heteroatoms. The molecule has 0 saturated heterocycles. The molecule has 0 spiro atoms. The fourth-order valence-electron chi connectivity index (χ4n) is 1.54. The minimum atomic E-state index is 0.178. The maximum atomic E-state index is 6.08. The maximum absolute atomic E-state index is 6.08. The van der Waals surface area contributed by atoms with Crippen LogP contribution in [0.4, 0.5) is 0 Å². The minimum absolute atomic E-state index is 0.178. The lowest BCUT2D eigenvalue weighted by Crippen LogP contribution is -2.27. The normalized spacial score (nSPS) is 14.8. The Morgan fingerprint density at radius 3 is 2.56 bits per heavy atom. The number of alkyl halides is 1. The zero-order valence-corrected chi connectivity index (χ0v) is 11.7. The molecule has 0 heterocycles. The summed E-state index contributed by atoms with van der Waals surface area (Å²) in [6.07, 6.45) is 0.930. The summed E-state index contributed by atoms with van der Waals surface area (Å²) in [4.78, 5) is 0. The molecule has 1 aromatic rings. The highest BCUT2D eigenvalue weighted by Crippen LogP contribution is 2.25. The Labute approximate surface area is 112 Å². The number of hydrogen-bond donors (Lipinski definition) is 1. The SMILES string of the molecule is CC(Cl)CC(C)NCc1cccc(Cl)c1Cl. The lowest BCUT2D eigenvalue weighted by Gasteiger charge is -2.15. The van der Waals surface area contributed by atoms with E-state index in [0.717, 1.165) is 12.0 Å². The van der Waals surface area contributed by atoms with E-state index in [4.69, 9.17) is 34.8 Å². The molecule has 1 aromatic carbocycles. The van der Waals surface area contributed by atoms with Crippen molar-refractivity contribution >= 4 is 34.8 Å². The van der Waals surface area contributed by atoms with Gasteiger partial charge in [-0.15, -0.1) is 11.6 Å². The van der Waals surface area contributed by atoms with Crippen LogP contribution in [0, 0.1) is 0 Å². The Morgan fingerprint density at radius 1 is 1.25 bits per heavy atom. The first-order valence-electron chi connectivity index (χ1n) is 5.31. The van der Waals surface area contributed by atoms with Crippen LogP contribution in [0.25, 0.3) is 0 Å². The number of halogens is 3. The van der Waals surface area contributed by atoms with E-state index in [1.165, 1.54) is 0 Å². The van der Waals surface area contributed by atoms with Crippen molar-refractivity contribution in [2.75, 3.05) is 0 Å². The third kappa shape index (κ3) is 4.50. The predicted octanol–water partition coefficient (Wildman–Crippen LogP) is 4.49. The molecule has 16 heavy (non-hydrogen) atoms. The molecule has 1 nitrogen and oxygen atoms in total. The van der Waals surface area contributed by atoms with Gasteiger partial charge in [0.15, 0.2) is 0 Å². The summed E-state index contributed by atoms with van der Waals surface area (Å²) in [5, 5.41) is 4.77. The van der Waals surface area contributed by atoms with E-state index in [2.05, 4.69) is 12.2 Å². The van der Waals surface area contributed by atoms with E-state index in [1.54, 1.807) is 6.07 Å². The largest absolute Gasteiger partial charge is 0.310 e. The van der Waals surface area contributed by atoms with Crippen molar-refractivity contribution in [2.45, 2.75) is 38.2 Å². The van der Waals surface area contributed by atoms with Gasteiger partial charge in [-0.1, -0.05) is 35.3 Å². The Kier molecular flexibility index (Phi) is 5.91. The maximum Gasteiger partial charge on any atom is 0.0637 e. The van der Waals surface area contributed by atoms with Gasteiger partial charge in [0, 0.05) is 18.0 Å². The van der Waals surface area contributed by atoms with Crippen LogP contribution in [0.15, 0.2) is 18.2 Å². The Morgan fingerprint density at radius 2 is 1.94 bits per heavy atom. The molecule has 1 N–H and O–H groups in total. The molecule has 0 bridgehead atoms. The predicted molar refractivity (Wildman–Crippen MR) is 72.7 cm³/mol. The molecule has 0 aliphatic carbocycles. The van der Waals surface area contributed by atoms with Crippen LogP contribution in [0.2, 0.25) is 10.0 Å². The molecule has 0 saturated carbocycles. The van der Waals surface area contributed by atoms with Crippen LogP contribution in [0.3, 0.4) is 0 Å². The number of rotatable bonds is 5. The summed E-state index contributed by atoms with van der Waals surface area (Å²) in [7, 11) is 0. The number of nitrogens with one attached hydrogen (secondary N) is 1. The van der Waals surface area contributed by atoms with Gasteiger partial charge in [-0.05, 0) is 31.9 Å². The first kappa shape index (κ1) is 14.1. The average Bonchev–Trinajstić information content (AvgIpc) is 2.19. The summed E-state index contributed by atoms with van der Waals surface area (Å²) in [6, 6.07) is 6.03. The van der Waals surface area contributed by atoms with Crippen LogP contribution in [-0.2, 0) is 6.54 Å². The van der Waals surface area contributed by atoms with E-state index >= 15 is 0 Å². The van der Waals surface area contributed by atoms with Crippen molar-refractivity contribution in [1.29, 1.82) is 0 Å². The van der Waals surface area contributed by atoms with Crippen LogP contribution < -0.4 is 5.32 Å². The summed E-state index contributed by atoms with van der Waals surface area (Å²) < 4.78 is 0. The Bertz CT molecular complexity index is 339. The quantitative estimate of drug-likeness (QED) is 0.784. The van der Waals surface area contributed by atoms with Gasteiger partial charge in [0.1, 0.15) is 0 Å². The van der Waals surface area contributed by atoms with Gasteiger partial charge in [0.05, 0.1) is 10.0 Å². The Hall–Kier alpha value is 0.0500. The first-order valence-corrected chi connectivity index (χ1v) is 6.50. The Balaban J connectivity index is 2.51. The van der Waals surface area contributed by atoms with Gasteiger partial charge in [-0.2, -0.15) is 0 Å². The van der Waals surface area contributed by atoms with Crippen molar-refractivity contribution in [1.82, 2.24) is 5.32 Å². The highest BCUT2D eigenvalue weighted by molar-refractivity contribution is 6.42. The topological polar surface area (TPSA) is 12.0 Å². The molecule has 1 rings (SSSR count). The second-order valence-corrected chi connectivity index (χ2v) is 5.54. The van der Waals surface area contributed by atoms with Gasteiger partial charge in [0.2, 0.25) is 0 Å². The summed E-state index contributed by atoms with van der Waals surface area (Å²) in [5.41, 5.74) is 1.02. The highest BCUT2D eigenvalue weighted by Gasteiger charge is 2.08. The van der Waals surface area contributed by atoms with E-state index in [0.29, 0.717) is 22.6 Å². The van der Waals surface area contributed by atoms with Crippen molar-refractivity contribution in [2.24, 2.45) is 0 Å². The smallest absolute Gasteiger partial charge is 0.0637 e. The lowest BCUT2D eigenvalue weighted by molar-refractivity contribution is 0.511. The zero-order chi connectivity index (χ0) is 12.1. The second kappa shape index (κ2) is 6.70. The zero-order valence-electron chi connectivity index (χ0n) is 9.43. The van der Waals surface area contributed by atoms with E-state index in [1.807, 2.05) is 19.1 Å². The summed E-state index contributed by atoms with van der Waals surface area (Å²) in [6.45, 7) is 4.81. The van der Waals surface area contributed by atoms with Gasteiger partial charge >= 0.3 is 0 Å². The third-order valence-corrected chi connectivity index (χ3v) is 3.39. The second-order valence-electron chi connectivity index (χ2n) is 4.01. The molecule has 0 aliphatic heterocycles. The standard InChI is InChI=1S/C12H16Cl3N/c1-8(13)6-9(2)16-7-10-4-3-5-11(14)12(10)15/h3-5,8-9,16H,6-7H2,1-2H3. The molecule has 0 amide bonds. The van der Waals surface area contributed by atoms with Crippen LogP contribution in [0.1, 0.15) is 25.8 Å². The van der Waals surface area contributed by atoms with Crippen molar-refractivity contribution < 1.29 is 0 Å². The van der Waals surface area contributed by atoms with Crippen LogP contribution >= 0.6 is 34.8 Å².